The van der Waals surface area contributed by atoms with Crippen LogP contribution in [0.5, 0.6) is 0 Å². The van der Waals surface area contributed by atoms with Gasteiger partial charge in [0.05, 0.1) is 31.1 Å². The average Bonchev–Trinajstić information content (AvgIpc) is 2.45. The largest absolute Gasteiger partial charge is 0.391 e. The molecule has 2 rings (SSSR count). The monoisotopic (exact) mass is 346 g/mol. The first-order chi connectivity index (χ1) is 10.9. The minimum atomic E-state index is 0.309. The Bertz CT molecular complexity index is 346. The molecule has 0 aromatic rings. The fourth-order valence-electron chi connectivity index (χ4n) is 4.59. The van der Waals surface area contributed by atoms with Crippen LogP contribution in [-0.4, -0.2) is 68.9 Å². The third-order valence-corrected chi connectivity index (χ3v) is 5.86. The lowest BCUT2D eigenvalue weighted by Gasteiger charge is -2.39. The number of hydrogen-bond acceptors (Lipinski definition) is 3. The average molecular weight is 347 g/mol. The number of quaternary nitrogens is 2. The van der Waals surface area contributed by atoms with Crippen LogP contribution in [0, 0.1) is 11.3 Å². The van der Waals surface area contributed by atoms with E-state index in [0.29, 0.717) is 23.4 Å². The van der Waals surface area contributed by atoms with Crippen LogP contribution in [0.4, 0.5) is 0 Å². The number of aliphatic hydroxyl groups is 1. The Balaban J connectivity index is 1.64. The van der Waals surface area contributed by atoms with Gasteiger partial charge < -0.3 is 19.6 Å². The molecular weight excluding hydrogens is 308 g/mol. The van der Waals surface area contributed by atoms with Crippen LogP contribution in [-0.2, 0) is 4.74 Å². The highest BCUT2D eigenvalue weighted by Gasteiger charge is 2.33. The molecule has 23 heavy (non-hydrogen) atoms. The van der Waals surface area contributed by atoms with Gasteiger partial charge in [0.25, 0.3) is 0 Å². The molecule has 1 saturated heterocycles. The van der Waals surface area contributed by atoms with Gasteiger partial charge in [-0.25, -0.2) is 0 Å². The molecule has 2 aliphatic rings. The van der Waals surface area contributed by atoms with Gasteiger partial charge in [0, 0.05) is 0 Å². The molecule has 136 valence electrons. The summed E-state index contributed by atoms with van der Waals surface area (Å²) in [5.41, 5.74) is 0.422. The van der Waals surface area contributed by atoms with Crippen molar-refractivity contribution in [3.63, 3.8) is 0 Å². The molecule has 5 heteroatoms. The minimum absolute atomic E-state index is 0.309. The van der Waals surface area contributed by atoms with Gasteiger partial charge in [-0.2, -0.15) is 12.6 Å². The van der Waals surface area contributed by atoms with E-state index in [1.54, 1.807) is 9.80 Å². The summed E-state index contributed by atoms with van der Waals surface area (Å²) in [7, 11) is 0. The van der Waals surface area contributed by atoms with Gasteiger partial charge in [0.15, 0.2) is 0 Å². The topological polar surface area (TPSA) is 38.3 Å². The van der Waals surface area contributed by atoms with E-state index in [-0.39, 0.29) is 0 Å². The van der Waals surface area contributed by atoms with E-state index in [2.05, 4.69) is 20.8 Å². The zero-order valence-corrected chi connectivity index (χ0v) is 16.2. The number of ether oxygens (including phenoxy) is 1. The maximum atomic E-state index is 9.02. The Kier molecular flexibility index (Phi) is 7.67. The van der Waals surface area contributed by atoms with Crippen molar-refractivity contribution >= 4 is 12.6 Å². The number of rotatable bonds is 7. The fourth-order valence-corrected chi connectivity index (χ4v) is 4.94. The summed E-state index contributed by atoms with van der Waals surface area (Å²) >= 11 is 4.78. The zero-order chi connectivity index (χ0) is 16.9. The molecule has 3 N–H and O–H groups in total. The molecule has 2 fully saturated rings. The molecule has 3 atom stereocenters. The van der Waals surface area contributed by atoms with E-state index in [1.807, 2.05) is 0 Å². The Hall–Kier alpha value is 0.190. The van der Waals surface area contributed by atoms with Crippen LogP contribution in [0.3, 0.4) is 0 Å². The molecule has 1 aliphatic carbocycles. The Morgan fingerprint density at radius 2 is 1.83 bits per heavy atom. The van der Waals surface area contributed by atoms with Gasteiger partial charge in [-0.15, -0.1) is 0 Å². The molecule has 4 nitrogen and oxygen atoms in total. The lowest BCUT2D eigenvalue weighted by Crippen LogP contribution is -3.28. The number of hydrogen-bond donors (Lipinski definition) is 4. The summed E-state index contributed by atoms with van der Waals surface area (Å²) in [6.45, 7) is 14.9. The Labute approximate surface area is 148 Å². The molecular formula is C18H38N2O2S+2. The molecule has 1 saturated carbocycles. The van der Waals surface area contributed by atoms with Gasteiger partial charge in [-0.05, 0) is 30.6 Å². The zero-order valence-electron chi connectivity index (χ0n) is 15.3. The number of aliphatic hydroxyl groups excluding tert-OH is 1. The lowest BCUT2D eigenvalue weighted by atomic mass is 9.71. The molecule has 1 aliphatic heterocycles. The van der Waals surface area contributed by atoms with Crippen molar-refractivity contribution in [1.82, 2.24) is 0 Å². The van der Waals surface area contributed by atoms with E-state index in [4.69, 9.17) is 22.5 Å². The van der Waals surface area contributed by atoms with Gasteiger partial charge in [0.2, 0.25) is 0 Å². The first-order valence-corrected chi connectivity index (χ1v) is 9.97. The smallest absolute Gasteiger partial charge is 0.127 e. The maximum Gasteiger partial charge on any atom is 0.127 e. The van der Waals surface area contributed by atoms with Crippen molar-refractivity contribution in [1.29, 1.82) is 0 Å². The van der Waals surface area contributed by atoms with Gasteiger partial charge in [-0.1, -0.05) is 20.8 Å². The van der Waals surface area contributed by atoms with E-state index >= 15 is 0 Å². The summed E-state index contributed by atoms with van der Waals surface area (Å²) in [4.78, 5) is 3.19. The van der Waals surface area contributed by atoms with Crippen LogP contribution in [0.2, 0.25) is 0 Å². The summed E-state index contributed by atoms with van der Waals surface area (Å²) < 4.78 is 6.22. The predicted molar refractivity (Wildman–Crippen MR) is 97.5 cm³/mol. The van der Waals surface area contributed by atoms with Gasteiger partial charge in [0.1, 0.15) is 32.7 Å². The van der Waals surface area contributed by atoms with E-state index in [9.17, 15) is 0 Å². The SMILES string of the molecule is C[C@@H]1C[C@H](OC[C@H](S)C[NH+]2CC[NH+](CCO)CC2)CC(C)(C)C1. The molecule has 0 aromatic carbocycles. The lowest BCUT2D eigenvalue weighted by molar-refractivity contribution is -1.01. The molecule has 0 amide bonds. The maximum absolute atomic E-state index is 9.02. The van der Waals surface area contributed by atoms with Crippen LogP contribution in [0.15, 0.2) is 0 Å². The summed E-state index contributed by atoms with van der Waals surface area (Å²) in [6, 6.07) is 0. The highest BCUT2D eigenvalue weighted by molar-refractivity contribution is 7.81. The second kappa shape index (κ2) is 9.04. The normalized spacial score (nSPS) is 35.9. The van der Waals surface area contributed by atoms with E-state index in [1.165, 1.54) is 45.4 Å². The van der Waals surface area contributed by atoms with E-state index < -0.39 is 0 Å². The minimum Gasteiger partial charge on any atom is -0.391 e. The van der Waals surface area contributed by atoms with Crippen LogP contribution >= 0.6 is 12.6 Å². The second-order valence-corrected chi connectivity index (χ2v) is 9.43. The molecule has 0 bridgehead atoms. The predicted octanol–water partition coefficient (Wildman–Crippen LogP) is -0.708. The first kappa shape index (κ1) is 19.5. The summed E-state index contributed by atoms with van der Waals surface area (Å²) in [6.07, 6.45) is 4.14. The molecule has 1 heterocycles. The van der Waals surface area contributed by atoms with Crippen molar-refractivity contribution in [3.8, 4) is 0 Å². The second-order valence-electron chi connectivity index (χ2n) is 8.70. The molecule has 0 radical (unpaired) electrons. The van der Waals surface area contributed by atoms with Crippen LogP contribution in [0.25, 0.3) is 0 Å². The standard InChI is InChI=1S/C18H36N2O2S/c1-15-10-16(12-18(2,3)11-15)22-14-17(23)13-20-6-4-19(5-7-20)8-9-21/h15-17,21,23H,4-14H2,1-3H3/p+2/t15-,16+,17-/m1/s1. The fraction of sp³-hybridized carbons (Fsp3) is 1.00. The van der Waals surface area contributed by atoms with Crippen molar-refractivity contribution in [3.05, 3.63) is 0 Å². The quantitative estimate of drug-likeness (QED) is 0.460. The van der Waals surface area contributed by atoms with Gasteiger partial charge >= 0.3 is 0 Å². The highest BCUT2D eigenvalue weighted by Crippen LogP contribution is 2.39. The van der Waals surface area contributed by atoms with Crippen LogP contribution in [0.1, 0.15) is 40.0 Å². The summed E-state index contributed by atoms with van der Waals surface area (Å²) in [5.74, 6) is 0.773. The third-order valence-electron chi connectivity index (χ3n) is 5.52. The Morgan fingerprint density at radius 3 is 2.43 bits per heavy atom. The number of nitrogens with one attached hydrogen (secondary N) is 2. The van der Waals surface area contributed by atoms with Crippen molar-refractivity contribution in [2.24, 2.45) is 11.3 Å². The van der Waals surface area contributed by atoms with Crippen molar-refractivity contribution in [2.75, 3.05) is 52.5 Å². The first-order valence-electron chi connectivity index (χ1n) is 9.45. The van der Waals surface area contributed by atoms with Crippen molar-refractivity contribution < 1.29 is 19.6 Å². The van der Waals surface area contributed by atoms with Gasteiger partial charge in [-0.3, -0.25) is 0 Å². The molecule has 0 unspecified atom stereocenters. The number of thiol groups is 1. The third kappa shape index (κ3) is 6.91. The molecule has 0 aromatic heterocycles. The van der Waals surface area contributed by atoms with E-state index in [0.717, 1.165) is 25.6 Å². The highest BCUT2D eigenvalue weighted by atomic mass is 32.1. The molecule has 0 spiro atoms. The van der Waals surface area contributed by atoms with Crippen molar-refractivity contribution in [2.45, 2.75) is 51.4 Å². The number of piperazine rings is 1. The Morgan fingerprint density at radius 1 is 1.17 bits per heavy atom. The van der Waals surface area contributed by atoms with Crippen LogP contribution < -0.4 is 9.80 Å². The summed E-state index contributed by atoms with van der Waals surface area (Å²) in [5, 5.41) is 9.36.